The van der Waals surface area contributed by atoms with E-state index in [4.69, 9.17) is 14.2 Å². The zero-order valence-corrected chi connectivity index (χ0v) is 23.6. The van der Waals surface area contributed by atoms with Crippen LogP contribution in [0.15, 0.2) is 41.3 Å². The van der Waals surface area contributed by atoms with Crippen molar-refractivity contribution in [3.63, 3.8) is 0 Å². The fourth-order valence-electron chi connectivity index (χ4n) is 5.29. The molecule has 2 aliphatic rings. The second-order valence-corrected chi connectivity index (χ2v) is 11.3. The molecule has 1 amide bonds. The molecule has 1 aromatic carbocycles. The van der Waals surface area contributed by atoms with Crippen LogP contribution in [0.25, 0.3) is 10.9 Å². The predicted octanol–water partition coefficient (Wildman–Crippen LogP) is 4.08. The maximum absolute atomic E-state index is 14.0. The zero-order valence-electron chi connectivity index (χ0n) is 23.6. The topological polar surface area (TPSA) is 110 Å². The van der Waals surface area contributed by atoms with Crippen molar-refractivity contribution in [2.45, 2.75) is 58.3 Å². The molecule has 10 nitrogen and oxygen atoms in total. The lowest BCUT2D eigenvalue weighted by atomic mass is 10.0. The van der Waals surface area contributed by atoms with Crippen LogP contribution in [0, 0.1) is 17.1 Å². The maximum Gasteiger partial charge on any atom is 0.410 e. The first-order chi connectivity index (χ1) is 19.6. The number of rotatable bonds is 6. The van der Waals surface area contributed by atoms with Crippen LogP contribution >= 0.6 is 0 Å². The molecule has 5 rings (SSSR count). The summed E-state index contributed by atoms with van der Waals surface area (Å²) in [5.41, 5.74) is 0.343. The van der Waals surface area contributed by atoms with Crippen LogP contribution in [0.2, 0.25) is 0 Å². The van der Waals surface area contributed by atoms with Crippen LogP contribution in [-0.2, 0) is 17.8 Å². The van der Waals surface area contributed by atoms with E-state index in [-0.39, 0.29) is 23.7 Å². The highest BCUT2D eigenvalue weighted by Gasteiger charge is 2.32. The monoisotopic (exact) mass is 563 g/mol. The first kappa shape index (κ1) is 28.4. The molecular weight excluding hydrogens is 529 g/mol. The molecule has 0 radical (unpaired) electrons. The number of piperidine rings is 1. The lowest BCUT2D eigenvalue weighted by Crippen LogP contribution is -2.49. The molecule has 0 spiro atoms. The molecule has 0 atom stereocenters. The van der Waals surface area contributed by atoms with Crippen molar-refractivity contribution in [1.82, 2.24) is 19.4 Å². The van der Waals surface area contributed by atoms with E-state index in [0.717, 1.165) is 0 Å². The number of fused-ring (bicyclic) bond motifs is 2. The Hall–Kier alpha value is -4.17. The highest BCUT2D eigenvalue weighted by Crippen LogP contribution is 2.30. The number of halogens is 1. The summed E-state index contributed by atoms with van der Waals surface area (Å²) in [5.74, 6) is 0.746. The second kappa shape index (κ2) is 11.7. The molecule has 0 saturated carbocycles. The summed E-state index contributed by atoms with van der Waals surface area (Å²) < 4.78 is 32.6. The van der Waals surface area contributed by atoms with Gasteiger partial charge in [0, 0.05) is 49.7 Å². The quantitative estimate of drug-likeness (QED) is 0.441. The number of likely N-dealkylation sites (tertiary alicyclic amines) is 1. The number of amides is 1. The summed E-state index contributed by atoms with van der Waals surface area (Å²) in [5, 5.41) is 9.97. The Bertz CT molecular complexity index is 1540. The smallest absolute Gasteiger partial charge is 0.410 e. The van der Waals surface area contributed by atoms with Gasteiger partial charge in [0.2, 0.25) is 0 Å². The molecule has 0 unspecified atom stereocenters. The number of pyridine rings is 2. The largest absolute Gasteiger partial charge is 0.486 e. The molecule has 1 saturated heterocycles. The number of hydrogen-bond acceptors (Lipinski definition) is 8. The minimum atomic E-state index is -0.646. The second-order valence-electron chi connectivity index (χ2n) is 11.3. The van der Waals surface area contributed by atoms with Crippen molar-refractivity contribution >= 4 is 17.0 Å². The van der Waals surface area contributed by atoms with Gasteiger partial charge >= 0.3 is 6.09 Å². The van der Waals surface area contributed by atoms with Crippen LogP contribution in [0.3, 0.4) is 0 Å². The summed E-state index contributed by atoms with van der Waals surface area (Å²) in [6.07, 6.45) is 2.65. The average molecular weight is 564 g/mol. The highest BCUT2D eigenvalue weighted by molar-refractivity contribution is 5.85. The molecule has 0 aliphatic carbocycles. The van der Waals surface area contributed by atoms with E-state index in [2.05, 4.69) is 9.88 Å². The number of aromatic nitrogens is 2. The molecule has 2 aromatic heterocycles. The van der Waals surface area contributed by atoms with Crippen LogP contribution in [0.1, 0.15) is 44.9 Å². The molecule has 216 valence electrons. The van der Waals surface area contributed by atoms with Gasteiger partial charge in [-0.25, -0.2) is 9.18 Å². The van der Waals surface area contributed by atoms with E-state index in [1.165, 1.54) is 28.8 Å². The maximum atomic E-state index is 14.0. The number of benzene rings is 1. The van der Waals surface area contributed by atoms with E-state index in [1.54, 1.807) is 11.1 Å². The van der Waals surface area contributed by atoms with Crippen LogP contribution < -0.4 is 15.0 Å². The first-order valence-corrected chi connectivity index (χ1v) is 13.8. The summed E-state index contributed by atoms with van der Waals surface area (Å²) >= 11 is 0. The van der Waals surface area contributed by atoms with Crippen molar-refractivity contribution in [3.8, 4) is 17.6 Å². The van der Waals surface area contributed by atoms with Gasteiger partial charge in [0.15, 0.2) is 11.5 Å². The average Bonchev–Trinajstić information content (AvgIpc) is 2.94. The summed E-state index contributed by atoms with van der Waals surface area (Å²) in [4.78, 5) is 34.5. The first-order valence-electron chi connectivity index (χ1n) is 13.8. The Balaban J connectivity index is 1.27. The summed E-state index contributed by atoms with van der Waals surface area (Å²) in [6.45, 7) is 9.07. The molecule has 2 aliphatic heterocycles. The van der Waals surface area contributed by atoms with Crippen molar-refractivity contribution in [3.05, 3.63) is 64.0 Å². The van der Waals surface area contributed by atoms with E-state index in [0.29, 0.717) is 80.3 Å². The number of hydrogen-bond donors (Lipinski definition) is 0. The molecule has 0 bridgehead atoms. The number of carbonyl (C=O) groups is 1. The Morgan fingerprint density at radius 2 is 1.88 bits per heavy atom. The molecule has 41 heavy (non-hydrogen) atoms. The Kier molecular flexibility index (Phi) is 8.13. The van der Waals surface area contributed by atoms with Crippen molar-refractivity contribution in [1.29, 1.82) is 5.26 Å². The van der Waals surface area contributed by atoms with Gasteiger partial charge in [-0.2, -0.15) is 5.26 Å². The van der Waals surface area contributed by atoms with Crippen LogP contribution in [0.5, 0.6) is 11.5 Å². The molecule has 0 N–H and O–H groups in total. The minimum Gasteiger partial charge on any atom is -0.486 e. The van der Waals surface area contributed by atoms with Gasteiger partial charge in [-0.05, 0) is 51.8 Å². The highest BCUT2D eigenvalue weighted by atomic mass is 19.1. The van der Waals surface area contributed by atoms with Crippen molar-refractivity contribution < 1.29 is 23.4 Å². The van der Waals surface area contributed by atoms with Gasteiger partial charge in [-0.15, -0.1) is 0 Å². The van der Waals surface area contributed by atoms with Gasteiger partial charge in [0.1, 0.15) is 30.7 Å². The third-order valence-corrected chi connectivity index (χ3v) is 7.28. The van der Waals surface area contributed by atoms with Crippen LogP contribution in [-0.4, -0.2) is 69.9 Å². The molecule has 4 heterocycles. The number of nitriles is 1. The normalized spacial score (nSPS) is 15.9. The standard InChI is InChI=1S/C30H34FN5O5/c1-30(2,3)41-29(38)36(19-22-16-26-27(18-33-22)40-13-12-39-26)23-6-8-34(9-7-23)10-11-35-25-15-21(31)4-5-24(25)20(17-32)14-28(35)37/h4-5,14-16,18,23H,6-13,19H2,1-3H3. The van der Waals surface area contributed by atoms with E-state index in [9.17, 15) is 19.2 Å². The third kappa shape index (κ3) is 6.60. The molecular formula is C30H34FN5O5. The van der Waals surface area contributed by atoms with Gasteiger partial charge in [-0.3, -0.25) is 14.7 Å². The minimum absolute atomic E-state index is 0.0661. The van der Waals surface area contributed by atoms with Gasteiger partial charge in [0.25, 0.3) is 5.56 Å². The van der Waals surface area contributed by atoms with Crippen molar-refractivity contribution in [2.75, 3.05) is 32.8 Å². The lowest BCUT2D eigenvalue weighted by molar-refractivity contribution is 0.00529. The van der Waals surface area contributed by atoms with E-state index in [1.807, 2.05) is 32.9 Å². The Morgan fingerprint density at radius 3 is 2.59 bits per heavy atom. The van der Waals surface area contributed by atoms with Crippen LogP contribution in [0.4, 0.5) is 9.18 Å². The number of carbonyl (C=O) groups excluding carboxylic acids is 1. The fourth-order valence-corrected chi connectivity index (χ4v) is 5.29. The fraction of sp³-hybridized carbons (Fsp3) is 0.467. The molecule has 3 aromatic rings. The zero-order chi connectivity index (χ0) is 29.1. The molecule has 11 heteroatoms. The Labute approximate surface area is 237 Å². The SMILES string of the molecule is CC(C)(C)OC(=O)N(Cc1cc2c(cn1)OCCO2)C1CCN(CCn2c(=O)cc(C#N)c3ccc(F)cc32)CC1. The number of ether oxygens (including phenoxy) is 3. The summed E-state index contributed by atoms with van der Waals surface area (Å²) in [6, 6.07) is 9.20. The Morgan fingerprint density at radius 1 is 1.15 bits per heavy atom. The predicted molar refractivity (Wildman–Crippen MR) is 149 cm³/mol. The van der Waals surface area contributed by atoms with Crippen molar-refractivity contribution in [2.24, 2.45) is 0 Å². The van der Waals surface area contributed by atoms with E-state index < -0.39 is 17.5 Å². The lowest BCUT2D eigenvalue weighted by Gasteiger charge is -2.39. The third-order valence-electron chi connectivity index (χ3n) is 7.28. The van der Waals surface area contributed by atoms with Gasteiger partial charge < -0.3 is 23.7 Å². The molecule has 1 fully saturated rings. The number of nitrogens with zero attached hydrogens (tertiary/aromatic N) is 5. The summed E-state index contributed by atoms with van der Waals surface area (Å²) in [7, 11) is 0. The van der Waals surface area contributed by atoms with Gasteiger partial charge in [-0.1, -0.05) is 0 Å². The van der Waals surface area contributed by atoms with Gasteiger partial charge in [0.05, 0.1) is 29.5 Å². The van der Waals surface area contributed by atoms with E-state index >= 15 is 0 Å².